The van der Waals surface area contributed by atoms with Crippen molar-refractivity contribution in [3.63, 3.8) is 0 Å². The van der Waals surface area contributed by atoms with Gasteiger partial charge in [-0.1, -0.05) is 68.4 Å². The van der Waals surface area contributed by atoms with Crippen LogP contribution in [-0.2, 0) is 16.0 Å². The summed E-state index contributed by atoms with van der Waals surface area (Å²) in [6.07, 6.45) is -2.70. The Morgan fingerprint density at radius 1 is 0.946 bits per heavy atom. The van der Waals surface area contributed by atoms with Crippen LogP contribution in [-0.4, -0.2) is 27.1 Å². The highest BCUT2D eigenvalue weighted by Gasteiger charge is 2.31. The third-order valence-electron chi connectivity index (χ3n) is 5.52. The minimum atomic E-state index is -4.75. The van der Waals surface area contributed by atoms with Crippen molar-refractivity contribution >= 4 is 5.97 Å². The first-order valence-corrected chi connectivity index (χ1v) is 11.8. The van der Waals surface area contributed by atoms with Gasteiger partial charge < -0.3 is 9.47 Å². The molecule has 1 aromatic heterocycles. The third-order valence-corrected chi connectivity index (χ3v) is 5.52. The van der Waals surface area contributed by atoms with Crippen LogP contribution in [0.1, 0.15) is 37.5 Å². The van der Waals surface area contributed by atoms with Crippen LogP contribution in [0.25, 0.3) is 17.1 Å². The number of hydrogen-bond donors (Lipinski definition) is 0. The van der Waals surface area contributed by atoms with Crippen LogP contribution in [0.15, 0.2) is 85.2 Å². The predicted octanol–water partition coefficient (Wildman–Crippen LogP) is 6.71. The highest BCUT2D eigenvalue weighted by atomic mass is 19.4. The molecule has 3 aromatic carbocycles. The summed E-state index contributed by atoms with van der Waals surface area (Å²) in [5.41, 5.74) is 3.03. The molecule has 0 N–H and O–H groups in total. The van der Waals surface area contributed by atoms with Crippen molar-refractivity contribution < 1.29 is 27.4 Å². The predicted molar refractivity (Wildman–Crippen MR) is 132 cm³/mol. The summed E-state index contributed by atoms with van der Waals surface area (Å²) in [4.78, 5) is 17.0. The number of rotatable bonds is 9. The van der Waals surface area contributed by atoms with E-state index in [0.29, 0.717) is 17.4 Å². The van der Waals surface area contributed by atoms with Crippen molar-refractivity contribution in [3.05, 3.63) is 96.3 Å². The minimum Gasteiger partial charge on any atom is -0.457 e. The number of halogens is 3. The zero-order chi connectivity index (χ0) is 26.4. The molecule has 0 saturated carbocycles. The van der Waals surface area contributed by atoms with E-state index in [2.05, 4.69) is 28.7 Å². The number of aromatic nitrogens is 3. The average molecular weight is 510 g/mol. The number of alkyl halides is 3. The molecule has 0 saturated heterocycles. The maximum Gasteiger partial charge on any atom is 0.573 e. The quantitative estimate of drug-likeness (QED) is 0.235. The molecule has 0 aliphatic rings. The van der Waals surface area contributed by atoms with Gasteiger partial charge in [0.1, 0.15) is 18.2 Å². The molecule has 1 atom stereocenters. The maximum atomic E-state index is 12.7. The lowest BCUT2D eigenvalue weighted by molar-refractivity contribution is -0.274. The lowest BCUT2D eigenvalue weighted by Gasteiger charge is -2.20. The largest absolute Gasteiger partial charge is 0.573 e. The van der Waals surface area contributed by atoms with Crippen molar-refractivity contribution in [2.45, 2.75) is 39.2 Å². The van der Waals surface area contributed by atoms with E-state index in [1.54, 1.807) is 0 Å². The Hall–Kier alpha value is -4.14. The Morgan fingerprint density at radius 2 is 1.62 bits per heavy atom. The summed E-state index contributed by atoms with van der Waals surface area (Å²) in [6.45, 7) is 4.19. The van der Waals surface area contributed by atoms with Crippen molar-refractivity contribution in [1.29, 1.82) is 0 Å². The van der Waals surface area contributed by atoms with Crippen LogP contribution >= 0.6 is 0 Å². The molecule has 4 aromatic rings. The average Bonchev–Trinajstić information content (AvgIpc) is 3.34. The fourth-order valence-corrected chi connectivity index (χ4v) is 3.81. The topological polar surface area (TPSA) is 66.2 Å². The number of hydrogen-bond acceptors (Lipinski definition) is 5. The van der Waals surface area contributed by atoms with E-state index < -0.39 is 6.36 Å². The number of carbonyl (C=O) groups excluding carboxylic acids is 1. The summed E-state index contributed by atoms with van der Waals surface area (Å²) >= 11 is 0. The van der Waals surface area contributed by atoms with Crippen LogP contribution in [0, 0.1) is 5.92 Å². The molecule has 6 nitrogen and oxygen atoms in total. The second-order valence-electron chi connectivity index (χ2n) is 8.95. The van der Waals surface area contributed by atoms with Gasteiger partial charge in [-0.15, -0.1) is 18.3 Å². The Bertz CT molecular complexity index is 1300. The van der Waals surface area contributed by atoms with Crippen LogP contribution < -0.4 is 4.74 Å². The van der Waals surface area contributed by atoms with Gasteiger partial charge >= 0.3 is 12.3 Å². The van der Waals surface area contributed by atoms with Gasteiger partial charge in [0.05, 0.1) is 12.1 Å². The normalized spacial score (nSPS) is 12.4. The summed E-state index contributed by atoms with van der Waals surface area (Å²) in [5.74, 6) is 0.189. The van der Waals surface area contributed by atoms with Crippen LogP contribution in [0.3, 0.4) is 0 Å². The van der Waals surface area contributed by atoms with E-state index >= 15 is 0 Å². The third kappa shape index (κ3) is 7.42. The molecule has 1 heterocycles. The van der Waals surface area contributed by atoms with Gasteiger partial charge in [-0.2, -0.15) is 0 Å². The van der Waals surface area contributed by atoms with Crippen LogP contribution in [0.4, 0.5) is 13.2 Å². The van der Waals surface area contributed by atoms with Crippen LogP contribution in [0.5, 0.6) is 5.75 Å². The summed E-state index contributed by atoms with van der Waals surface area (Å²) < 4.78 is 48.2. The second-order valence-corrected chi connectivity index (χ2v) is 8.95. The van der Waals surface area contributed by atoms with Gasteiger partial charge in [0.2, 0.25) is 0 Å². The summed E-state index contributed by atoms with van der Waals surface area (Å²) in [7, 11) is 0. The molecule has 37 heavy (non-hydrogen) atoms. The van der Waals surface area contributed by atoms with Gasteiger partial charge in [-0.25, -0.2) is 9.67 Å². The molecule has 0 radical (unpaired) electrons. The summed E-state index contributed by atoms with van der Waals surface area (Å²) in [6, 6.07) is 22.3. The Kier molecular flexibility index (Phi) is 7.91. The molecular formula is C28H26F3N3O3. The van der Waals surface area contributed by atoms with E-state index in [1.807, 2.05) is 54.6 Å². The first-order chi connectivity index (χ1) is 17.7. The van der Waals surface area contributed by atoms with Crippen molar-refractivity contribution in [1.82, 2.24) is 14.8 Å². The number of nitrogens with zero attached hydrogens (tertiary/aromatic N) is 3. The van der Waals surface area contributed by atoms with Gasteiger partial charge in [0, 0.05) is 5.56 Å². The number of ether oxygens (including phenoxy) is 2. The Labute approximate surface area is 212 Å². The monoisotopic (exact) mass is 509 g/mol. The molecule has 0 amide bonds. The molecule has 1 unspecified atom stereocenters. The van der Waals surface area contributed by atoms with E-state index in [0.717, 1.165) is 23.1 Å². The zero-order valence-electron chi connectivity index (χ0n) is 20.4. The number of carbonyl (C=O) groups is 1. The van der Waals surface area contributed by atoms with E-state index in [-0.39, 0.29) is 24.2 Å². The fraction of sp³-hybridized carbons (Fsp3) is 0.250. The highest BCUT2D eigenvalue weighted by Crippen LogP contribution is 2.26. The smallest absolute Gasteiger partial charge is 0.457 e. The van der Waals surface area contributed by atoms with Gasteiger partial charge in [-0.3, -0.25) is 4.79 Å². The minimum absolute atomic E-state index is 0.135. The van der Waals surface area contributed by atoms with Crippen molar-refractivity contribution in [2.75, 3.05) is 0 Å². The molecule has 0 fully saturated rings. The molecule has 9 heteroatoms. The SMILES string of the molecule is CC(C)CC(OC(=O)Cc1ccc(-c2ncn(-c3ccc(OC(F)(F)F)cc3)n2)cc1)c1ccccc1. The first-order valence-electron chi connectivity index (χ1n) is 11.8. The standard InChI is InChI=1S/C28H26F3N3O3/c1-19(2)16-25(21-6-4-3-5-7-21)36-26(35)17-20-8-10-22(11-9-20)27-32-18-34(33-27)23-12-14-24(15-13-23)37-28(29,30)31/h3-15,18-19,25H,16-17H2,1-2H3. The molecule has 0 aliphatic carbocycles. The van der Waals surface area contributed by atoms with E-state index in [1.165, 1.54) is 35.3 Å². The number of esters is 1. The second kappa shape index (κ2) is 11.3. The van der Waals surface area contributed by atoms with E-state index in [9.17, 15) is 18.0 Å². The van der Waals surface area contributed by atoms with Gasteiger partial charge in [-0.05, 0) is 47.7 Å². The highest BCUT2D eigenvalue weighted by molar-refractivity contribution is 5.73. The maximum absolute atomic E-state index is 12.7. The van der Waals surface area contributed by atoms with Crippen molar-refractivity contribution in [3.8, 4) is 22.8 Å². The molecule has 0 aliphatic heterocycles. The van der Waals surface area contributed by atoms with E-state index in [4.69, 9.17) is 4.74 Å². The van der Waals surface area contributed by atoms with Gasteiger partial charge in [0.15, 0.2) is 5.82 Å². The van der Waals surface area contributed by atoms with Crippen molar-refractivity contribution in [2.24, 2.45) is 5.92 Å². The Morgan fingerprint density at radius 3 is 2.24 bits per heavy atom. The van der Waals surface area contributed by atoms with Crippen LogP contribution in [0.2, 0.25) is 0 Å². The molecule has 0 spiro atoms. The Balaban J connectivity index is 1.39. The molecule has 4 rings (SSSR count). The fourth-order valence-electron chi connectivity index (χ4n) is 3.81. The summed E-state index contributed by atoms with van der Waals surface area (Å²) in [5, 5.41) is 4.40. The van der Waals surface area contributed by atoms with Gasteiger partial charge in [0.25, 0.3) is 0 Å². The molecular weight excluding hydrogens is 483 g/mol. The first kappa shape index (κ1) is 25.9. The zero-order valence-corrected chi connectivity index (χ0v) is 20.4. The molecule has 192 valence electrons. The molecule has 0 bridgehead atoms. The number of benzene rings is 3. The lowest BCUT2D eigenvalue weighted by atomic mass is 9.99. The lowest BCUT2D eigenvalue weighted by Crippen LogP contribution is -2.17.